The summed E-state index contributed by atoms with van der Waals surface area (Å²) in [5, 5.41) is 3.04. The summed E-state index contributed by atoms with van der Waals surface area (Å²) in [6.45, 7) is 1.91. The SMILES string of the molecule is C[C@@H]1S[C@H](c2ccc(N)cc2)NC1=O. The summed E-state index contributed by atoms with van der Waals surface area (Å²) in [5.74, 6) is 0.108. The molecule has 0 spiro atoms. The minimum Gasteiger partial charge on any atom is -0.399 e. The van der Waals surface area contributed by atoms with Crippen LogP contribution in [-0.4, -0.2) is 11.2 Å². The van der Waals surface area contributed by atoms with Crippen LogP contribution in [0.1, 0.15) is 17.9 Å². The topological polar surface area (TPSA) is 55.1 Å². The Morgan fingerprint density at radius 1 is 1.36 bits per heavy atom. The number of nitrogens with one attached hydrogen (secondary N) is 1. The number of hydrogen-bond donors (Lipinski definition) is 2. The van der Waals surface area contributed by atoms with Crippen molar-refractivity contribution in [3.05, 3.63) is 29.8 Å². The van der Waals surface area contributed by atoms with Crippen LogP contribution >= 0.6 is 11.8 Å². The van der Waals surface area contributed by atoms with Gasteiger partial charge in [-0.25, -0.2) is 0 Å². The van der Waals surface area contributed by atoms with Gasteiger partial charge in [0.25, 0.3) is 0 Å². The van der Waals surface area contributed by atoms with Crippen molar-refractivity contribution in [2.45, 2.75) is 17.5 Å². The Morgan fingerprint density at radius 3 is 2.50 bits per heavy atom. The molecule has 1 amide bonds. The maximum Gasteiger partial charge on any atom is 0.234 e. The van der Waals surface area contributed by atoms with Gasteiger partial charge in [-0.15, -0.1) is 11.8 Å². The van der Waals surface area contributed by atoms with Gasteiger partial charge < -0.3 is 11.1 Å². The molecule has 2 rings (SSSR count). The molecule has 14 heavy (non-hydrogen) atoms. The number of carbonyl (C=O) groups is 1. The Balaban J connectivity index is 2.17. The van der Waals surface area contributed by atoms with Crippen molar-refractivity contribution in [3.63, 3.8) is 0 Å². The van der Waals surface area contributed by atoms with Crippen LogP contribution in [0.2, 0.25) is 0 Å². The van der Waals surface area contributed by atoms with Crippen LogP contribution in [-0.2, 0) is 4.79 Å². The number of carbonyl (C=O) groups excluding carboxylic acids is 1. The lowest BCUT2D eigenvalue weighted by molar-refractivity contribution is -0.119. The summed E-state index contributed by atoms with van der Waals surface area (Å²) in [6, 6.07) is 7.60. The van der Waals surface area contributed by atoms with E-state index in [0.29, 0.717) is 0 Å². The molecule has 1 heterocycles. The highest BCUT2D eigenvalue weighted by Crippen LogP contribution is 2.35. The van der Waals surface area contributed by atoms with E-state index in [4.69, 9.17) is 5.73 Å². The molecule has 1 aromatic rings. The molecule has 2 atom stereocenters. The molecule has 1 fully saturated rings. The first-order valence-corrected chi connectivity index (χ1v) is 5.42. The van der Waals surface area contributed by atoms with Gasteiger partial charge in [-0.3, -0.25) is 4.79 Å². The molecule has 0 unspecified atom stereocenters. The van der Waals surface area contributed by atoms with E-state index in [2.05, 4.69) is 5.32 Å². The molecule has 1 aromatic carbocycles. The number of nitrogen functional groups attached to an aromatic ring is 1. The van der Waals surface area contributed by atoms with Crippen LogP contribution in [0.5, 0.6) is 0 Å². The van der Waals surface area contributed by atoms with E-state index in [-0.39, 0.29) is 16.5 Å². The average Bonchev–Trinajstić information content (AvgIpc) is 2.48. The van der Waals surface area contributed by atoms with Crippen molar-refractivity contribution in [2.75, 3.05) is 5.73 Å². The van der Waals surface area contributed by atoms with E-state index in [1.807, 2.05) is 31.2 Å². The van der Waals surface area contributed by atoms with Crippen molar-refractivity contribution < 1.29 is 4.79 Å². The molecule has 3 nitrogen and oxygen atoms in total. The van der Waals surface area contributed by atoms with E-state index >= 15 is 0 Å². The largest absolute Gasteiger partial charge is 0.399 e. The molecule has 4 heteroatoms. The summed E-state index contributed by atoms with van der Waals surface area (Å²) in [5.41, 5.74) is 7.43. The molecule has 1 saturated heterocycles. The highest BCUT2D eigenvalue weighted by atomic mass is 32.2. The fraction of sp³-hybridized carbons (Fsp3) is 0.300. The average molecular weight is 208 g/mol. The predicted octanol–water partition coefficient (Wildman–Crippen LogP) is 1.52. The summed E-state index contributed by atoms with van der Waals surface area (Å²) in [6.07, 6.45) is 0. The van der Waals surface area contributed by atoms with Crippen LogP contribution in [0.3, 0.4) is 0 Å². The molecular formula is C10H12N2OS. The summed E-state index contributed by atoms with van der Waals surface area (Å²) in [4.78, 5) is 11.3. The molecule has 0 bridgehead atoms. The Kier molecular flexibility index (Phi) is 2.37. The summed E-state index contributed by atoms with van der Waals surface area (Å²) >= 11 is 1.63. The minimum absolute atomic E-state index is 0.0394. The Bertz CT molecular complexity index is 350. The van der Waals surface area contributed by atoms with Crippen LogP contribution in [0.4, 0.5) is 5.69 Å². The summed E-state index contributed by atoms with van der Waals surface area (Å²) in [7, 11) is 0. The van der Waals surface area contributed by atoms with Gasteiger partial charge in [0, 0.05) is 5.69 Å². The molecule has 0 aromatic heterocycles. The van der Waals surface area contributed by atoms with Crippen LogP contribution in [0, 0.1) is 0 Å². The normalized spacial score (nSPS) is 26.2. The lowest BCUT2D eigenvalue weighted by Crippen LogP contribution is -2.22. The number of anilines is 1. The van der Waals surface area contributed by atoms with E-state index in [0.717, 1.165) is 11.3 Å². The molecular weight excluding hydrogens is 196 g/mol. The lowest BCUT2D eigenvalue weighted by atomic mass is 10.2. The molecule has 1 aliphatic rings. The maximum atomic E-state index is 11.3. The quantitative estimate of drug-likeness (QED) is 0.688. The second-order valence-electron chi connectivity index (χ2n) is 3.33. The van der Waals surface area contributed by atoms with Crippen molar-refractivity contribution in [3.8, 4) is 0 Å². The number of rotatable bonds is 1. The molecule has 0 radical (unpaired) electrons. The van der Waals surface area contributed by atoms with Crippen molar-refractivity contribution >= 4 is 23.4 Å². The van der Waals surface area contributed by atoms with Gasteiger partial charge in [0.05, 0.1) is 5.25 Å². The number of amides is 1. The fourth-order valence-corrected chi connectivity index (χ4v) is 2.48. The van der Waals surface area contributed by atoms with Gasteiger partial charge in [0.2, 0.25) is 5.91 Å². The second-order valence-corrected chi connectivity index (χ2v) is 4.78. The Labute approximate surface area is 87.1 Å². The number of thioether (sulfide) groups is 1. The van der Waals surface area contributed by atoms with Gasteiger partial charge in [-0.2, -0.15) is 0 Å². The Hall–Kier alpha value is -1.16. The highest BCUT2D eigenvalue weighted by Gasteiger charge is 2.29. The van der Waals surface area contributed by atoms with Gasteiger partial charge in [0.1, 0.15) is 5.37 Å². The van der Waals surface area contributed by atoms with Crippen LogP contribution in [0.15, 0.2) is 24.3 Å². The summed E-state index contributed by atoms with van der Waals surface area (Å²) < 4.78 is 0. The van der Waals surface area contributed by atoms with Gasteiger partial charge in [-0.05, 0) is 24.6 Å². The van der Waals surface area contributed by atoms with Gasteiger partial charge in [0.15, 0.2) is 0 Å². The molecule has 3 N–H and O–H groups in total. The fourth-order valence-electron chi connectivity index (χ4n) is 1.38. The zero-order chi connectivity index (χ0) is 10.1. The van der Waals surface area contributed by atoms with Crippen molar-refractivity contribution in [1.82, 2.24) is 5.32 Å². The zero-order valence-corrected chi connectivity index (χ0v) is 8.67. The molecule has 74 valence electrons. The van der Waals surface area contributed by atoms with Crippen molar-refractivity contribution in [1.29, 1.82) is 0 Å². The third-order valence-electron chi connectivity index (χ3n) is 2.22. The molecule has 1 aliphatic heterocycles. The van der Waals surface area contributed by atoms with E-state index in [1.165, 1.54) is 0 Å². The number of nitrogens with two attached hydrogens (primary N) is 1. The maximum absolute atomic E-state index is 11.3. The van der Waals surface area contributed by atoms with Crippen molar-refractivity contribution in [2.24, 2.45) is 0 Å². The van der Waals surface area contributed by atoms with E-state index < -0.39 is 0 Å². The van der Waals surface area contributed by atoms with Crippen LogP contribution in [0.25, 0.3) is 0 Å². The molecule has 0 saturated carbocycles. The van der Waals surface area contributed by atoms with Crippen LogP contribution < -0.4 is 11.1 Å². The zero-order valence-electron chi connectivity index (χ0n) is 7.86. The van der Waals surface area contributed by atoms with Gasteiger partial charge in [-0.1, -0.05) is 12.1 Å². The van der Waals surface area contributed by atoms with Gasteiger partial charge >= 0.3 is 0 Å². The number of hydrogen-bond acceptors (Lipinski definition) is 3. The molecule has 0 aliphatic carbocycles. The highest BCUT2D eigenvalue weighted by molar-refractivity contribution is 8.01. The first kappa shape index (κ1) is 9.40. The third kappa shape index (κ3) is 1.70. The first-order valence-electron chi connectivity index (χ1n) is 4.48. The predicted molar refractivity (Wildman–Crippen MR) is 58.8 cm³/mol. The third-order valence-corrected chi connectivity index (χ3v) is 3.51. The van der Waals surface area contributed by atoms with E-state index in [9.17, 15) is 4.79 Å². The minimum atomic E-state index is 0.0394. The first-order chi connectivity index (χ1) is 6.66. The lowest BCUT2D eigenvalue weighted by Gasteiger charge is -2.09. The monoisotopic (exact) mass is 208 g/mol. The smallest absolute Gasteiger partial charge is 0.234 e. The Morgan fingerprint density at radius 2 is 2.00 bits per heavy atom. The van der Waals surface area contributed by atoms with E-state index in [1.54, 1.807) is 11.8 Å². The second kappa shape index (κ2) is 3.53. The standard InChI is InChI=1S/C10H12N2OS/c1-6-9(13)12-10(14-6)7-2-4-8(11)5-3-7/h2-6,10H,11H2,1H3,(H,12,13)/t6-,10+/m0/s1. The number of benzene rings is 1.